The van der Waals surface area contributed by atoms with Crippen LogP contribution >= 0.6 is 0 Å². The van der Waals surface area contributed by atoms with Crippen LogP contribution in [0.5, 0.6) is 5.75 Å². The highest BCUT2D eigenvalue weighted by atomic mass is 16.5. The van der Waals surface area contributed by atoms with Gasteiger partial charge in [0.05, 0.1) is 7.11 Å². The molecule has 0 saturated heterocycles. The van der Waals surface area contributed by atoms with E-state index in [1.165, 1.54) is 0 Å². The summed E-state index contributed by atoms with van der Waals surface area (Å²) in [5.41, 5.74) is 6.88. The first kappa shape index (κ1) is 13.1. The van der Waals surface area contributed by atoms with Crippen LogP contribution in [0.4, 0.5) is 11.6 Å². The van der Waals surface area contributed by atoms with Crippen LogP contribution < -0.4 is 15.8 Å². The van der Waals surface area contributed by atoms with Crippen LogP contribution in [-0.2, 0) is 13.0 Å². The van der Waals surface area contributed by atoms with Gasteiger partial charge in [0.1, 0.15) is 23.2 Å². The molecule has 0 atom stereocenters. The molecule has 0 aliphatic heterocycles. The van der Waals surface area contributed by atoms with Crippen LogP contribution in [-0.4, -0.2) is 17.1 Å². The SMILES string of the molecule is CCc1nc(N)cc(NCc2ccc(OC)cc2)n1. The van der Waals surface area contributed by atoms with E-state index >= 15 is 0 Å². The van der Waals surface area contributed by atoms with Crippen molar-refractivity contribution in [1.29, 1.82) is 0 Å². The van der Waals surface area contributed by atoms with Crippen molar-refractivity contribution in [3.63, 3.8) is 0 Å². The number of aryl methyl sites for hydroxylation is 1. The Hall–Kier alpha value is -2.30. The van der Waals surface area contributed by atoms with Crippen molar-refractivity contribution >= 4 is 11.6 Å². The molecule has 0 saturated carbocycles. The molecule has 0 spiro atoms. The number of methoxy groups -OCH3 is 1. The molecule has 0 unspecified atom stereocenters. The Morgan fingerprint density at radius 1 is 1.21 bits per heavy atom. The molecule has 0 aliphatic carbocycles. The minimum absolute atomic E-state index is 0.490. The predicted octanol–water partition coefficient (Wildman–Crippen LogP) is 2.24. The second kappa shape index (κ2) is 6.04. The van der Waals surface area contributed by atoms with Gasteiger partial charge >= 0.3 is 0 Å². The molecule has 1 aromatic heterocycles. The van der Waals surface area contributed by atoms with Crippen LogP contribution in [0.15, 0.2) is 30.3 Å². The first-order valence-corrected chi connectivity index (χ1v) is 6.21. The molecule has 5 heteroatoms. The van der Waals surface area contributed by atoms with Gasteiger partial charge in [0.2, 0.25) is 0 Å². The van der Waals surface area contributed by atoms with E-state index in [1.54, 1.807) is 13.2 Å². The maximum Gasteiger partial charge on any atom is 0.132 e. The van der Waals surface area contributed by atoms with E-state index in [0.717, 1.165) is 29.4 Å². The topological polar surface area (TPSA) is 73.1 Å². The van der Waals surface area contributed by atoms with Gasteiger partial charge in [0, 0.05) is 19.0 Å². The first-order valence-electron chi connectivity index (χ1n) is 6.21. The Morgan fingerprint density at radius 2 is 1.95 bits per heavy atom. The van der Waals surface area contributed by atoms with Crippen LogP contribution in [0.1, 0.15) is 18.3 Å². The van der Waals surface area contributed by atoms with E-state index in [2.05, 4.69) is 15.3 Å². The zero-order chi connectivity index (χ0) is 13.7. The van der Waals surface area contributed by atoms with Crippen molar-refractivity contribution < 1.29 is 4.74 Å². The molecule has 0 radical (unpaired) electrons. The van der Waals surface area contributed by atoms with Gasteiger partial charge in [-0.2, -0.15) is 0 Å². The molecule has 3 N–H and O–H groups in total. The van der Waals surface area contributed by atoms with Crippen molar-refractivity contribution in [2.45, 2.75) is 19.9 Å². The Bertz CT molecular complexity index is 540. The quantitative estimate of drug-likeness (QED) is 0.860. The molecule has 0 bridgehead atoms. The number of aromatic nitrogens is 2. The Kier molecular flexibility index (Phi) is 4.18. The third-order valence-corrected chi connectivity index (χ3v) is 2.74. The summed E-state index contributed by atoms with van der Waals surface area (Å²) in [5, 5.41) is 3.24. The van der Waals surface area contributed by atoms with E-state index in [4.69, 9.17) is 10.5 Å². The van der Waals surface area contributed by atoms with Crippen LogP contribution in [0.2, 0.25) is 0 Å². The zero-order valence-corrected chi connectivity index (χ0v) is 11.2. The molecule has 1 aromatic carbocycles. The summed E-state index contributed by atoms with van der Waals surface area (Å²) in [4.78, 5) is 8.51. The average Bonchev–Trinajstić information content (AvgIpc) is 2.45. The fourth-order valence-electron chi connectivity index (χ4n) is 1.70. The second-order valence-electron chi connectivity index (χ2n) is 4.15. The average molecular weight is 258 g/mol. The molecule has 100 valence electrons. The number of hydrogen-bond donors (Lipinski definition) is 2. The summed E-state index contributed by atoms with van der Waals surface area (Å²) in [6.45, 7) is 2.69. The van der Waals surface area contributed by atoms with Crippen LogP contribution in [0.25, 0.3) is 0 Å². The maximum atomic E-state index is 5.73. The van der Waals surface area contributed by atoms with Gasteiger partial charge in [-0.1, -0.05) is 19.1 Å². The third-order valence-electron chi connectivity index (χ3n) is 2.74. The van der Waals surface area contributed by atoms with Gasteiger partial charge in [-0.15, -0.1) is 0 Å². The smallest absolute Gasteiger partial charge is 0.132 e. The number of nitrogen functional groups attached to an aromatic ring is 1. The zero-order valence-electron chi connectivity index (χ0n) is 11.2. The van der Waals surface area contributed by atoms with E-state index in [9.17, 15) is 0 Å². The monoisotopic (exact) mass is 258 g/mol. The van der Waals surface area contributed by atoms with Crippen LogP contribution in [0.3, 0.4) is 0 Å². The minimum Gasteiger partial charge on any atom is -0.497 e. The van der Waals surface area contributed by atoms with Crippen molar-refractivity contribution in [1.82, 2.24) is 9.97 Å². The van der Waals surface area contributed by atoms with E-state index in [-0.39, 0.29) is 0 Å². The van der Waals surface area contributed by atoms with E-state index in [1.807, 2.05) is 31.2 Å². The molecule has 1 heterocycles. The number of anilines is 2. The molecular formula is C14H18N4O. The lowest BCUT2D eigenvalue weighted by atomic mass is 10.2. The molecule has 2 aromatic rings. The maximum absolute atomic E-state index is 5.73. The Morgan fingerprint density at radius 3 is 2.58 bits per heavy atom. The predicted molar refractivity (Wildman–Crippen MR) is 76.1 cm³/mol. The standard InChI is InChI=1S/C14H18N4O/c1-3-13-17-12(15)8-14(18-13)16-9-10-4-6-11(19-2)7-5-10/h4-8H,3,9H2,1-2H3,(H3,15,16,17,18). The molecule has 19 heavy (non-hydrogen) atoms. The van der Waals surface area contributed by atoms with Crippen molar-refractivity contribution in [3.05, 3.63) is 41.7 Å². The molecule has 2 rings (SSSR count). The summed E-state index contributed by atoms with van der Waals surface area (Å²) < 4.78 is 5.12. The number of nitrogens with zero attached hydrogens (tertiary/aromatic N) is 2. The molecular weight excluding hydrogens is 240 g/mol. The third kappa shape index (κ3) is 3.58. The normalized spacial score (nSPS) is 10.2. The minimum atomic E-state index is 0.490. The van der Waals surface area contributed by atoms with Crippen LogP contribution in [0, 0.1) is 0 Å². The van der Waals surface area contributed by atoms with Gasteiger partial charge < -0.3 is 15.8 Å². The highest BCUT2D eigenvalue weighted by Gasteiger charge is 2.01. The van der Waals surface area contributed by atoms with Gasteiger partial charge in [-0.3, -0.25) is 0 Å². The Balaban J connectivity index is 2.03. The van der Waals surface area contributed by atoms with Gasteiger partial charge in [0.15, 0.2) is 0 Å². The summed E-state index contributed by atoms with van der Waals surface area (Å²) >= 11 is 0. The van der Waals surface area contributed by atoms with E-state index < -0.39 is 0 Å². The van der Waals surface area contributed by atoms with Crippen molar-refractivity contribution in [2.24, 2.45) is 0 Å². The largest absolute Gasteiger partial charge is 0.497 e. The van der Waals surface area contributed by atoms with Crippen molar-refractivity contribution in [2.75, 3.05) is 18.2 Å². The molecule has 0 fully saturated rings. The Labute approximate surface area is 112 Å². The highest BCUT2D eigenvalue weighted by Crippen LogP contribution is 2.14. The lowest BCUT2D eigenvalue weighted by Crippen LogP contribution is -2.06. The molecule has 0 aliphatic rings. The summed E-state index contributed by atoms with van der Waals surface area (Å²) in [6, 6.07) is 9.63. The van der Waals surface area contributed by atoms with Gasteiger partial charge in [0.25, 0.3) is 0 Å². The second-order valence-corrected chi connectivity index (χ2v) is 4.15. The highest BCUT2D eigenvalue weighted by molar-refractivity contribution is 5.45. The summed E-state index contributed by atoms with van der Waals surface area (Å²) in [6.07, 6.45) is 0.766. The fraction of sp³-hybridized carbons (Fsp3) is 0.286. The lowest BCUT2D eigenvalue weighted by Gasteiger charge is -2.08. The van der Waals surface area contributed by atoms with Gasteiger partial charge in [-0.05, 0) is 17.7 Å². The molecule has 0 amide bonds. The first-order chi connectivity index (χ1) is 9.21. The van der Waals surface area contributed by atoms with Crippen molar-refractivity contribution in [3.8, 4) is 5.75 Å². The number of nitrogens with one attached hydrogen (secondary N) is 1. The number of benzene rings is 1. The summed E-state index contributed by atoms with van der Waals surface area (Å²) in [5.74, 6) is 2.84. The number of hydrogen-bond acceptors (Lipinski definition) is 5. The van der Waals surface area contributed by atoms with E-state index in [0.29, 0.717) is 12.4 Å². The number of nitrogens with two attached hydrogens (primary N) is 1. The van der Waals surface area contributed by atoms with Gasteiger partial charge in [-0.25, -0.2) is 9.97 Å². The lowest BCUT2D eigenvalue weighted by molar-refractivity contribution is 0.414. The summed E-state index contributed by atoms with van der Waals surface area (Å²) in [7, 11) is 1.66. The molecule has 5 nitrogen and oxygen atoms in total. The number of ether oxygens (including phenoxy) is 1. The fourth-order valence-corrected chi connectivity index (χ4v) is 1.70. The number of rotatable bonds is 5.